The Kier molecular flexibility index (Phi) is 6.60. The molecule has 12 rings (SSSR count). The van der Waals surface area contributed by atoms with E-state index in [0.717, 1.165) is 111 Å². The van der Waals surface area contributed by atoms with E-state index in [4.69, 9.17) is 8.83 Å². The number of para-hydroxylation sites is 4. The monoisotopic (exact) mass is 716 g/mol. The zero-order valence-corrected chi connectivity index (χ0v) is 30.2. The first-order valence-electron chi connectivity index (χ1n) is 19.0. The van der Waals surface area contributed by atoms with Crippen LogP contribution in [0.25, 0.3) is 76.5 Å². The van der Waals surface area contributed by atoms with Crippen LogP contribution in [-0.2, 0) is 0 Å². The lowest BCUT2D eigenvalue weighted by molar-refractivity contribution is 0.651. The summed E-state index contributed by atoms with van der Waals surface area (Å²) in [5, 5.41) is 8.73. The normalized spacial score (nSPS) is 11.9. The first kappa shape index (κ1) is 30.9. The summed E-state index contributed by atoms with van der Waals surface area (Å²) in [6, 6.07) is 68.4. The van der Waals surface area contributed by atoms with Crippen LogP contribution in [0, 0.1) is 0 Å². The minimum atomic E-state index is 0.813. The van der Waals surface area contributed by atoms with Gasteiger partial charge in [0.1, 0.15) is 11.2 Å². The summed E-state index contributed by atoms with van der Waals surface area (Å²) in [7, 11) is 0. The van der Waals surface area contributed by atoms with Crippen molar-refractivity contribution in [2.24, 2.45) is 0 Å². The highest BCUT2D eigenvalue weighted by Crippen LogP contribution is 2.57. The minimum Gasteiger partial charge on any atom is -0.453 e. The highest BCUT2D eigenvalue weighted by molar-refractivity contribution is 6.37. The van der Waals surface area contributed by atoms with Gasteiger partial charge in [0.05, 0.1) is 11.4 Å². The van der Waals surface area contributed by atoms with Crippen LogP contribution in [0.1, 0.15) is 0 Å². The highest BCUT2D eigenvalue weighted by atomic mass is 16.3. The lowest BCUT2D eigenvalue weighted by Gasteiger charge is -2.30. The van der Waals surface area contributed by atoms with E-state index >= 15 is 0 Å². The summed E-state index contributed by atoms with van der Waals surface area (Å²) in [4.78, 5) is 4.60. The van der Waals surface area contributed by atoms with Crippen LogP contribution in [0.3, 0.4) is 0 Å². The fourth-order valence-corrected chi connectivity index (χ4v) is 9.03. The lowest BCUT2D eigenvalue weighted by atomic mass is 9.85. The van der Waals surface area contributed by atoms with Crippen LogP contribution in [-0.4, -0.2) is 0 Å². The van der Waals surface area contributed by atoms with Crippen molar-refractivity contribution in [3.63, 3.8) is 0 Å². The van der Waals surface area contributed by atoms with Crippen LogP contribution in [0.4, 0.5) is 34.1 Å². The van der Waals surface area contributed by atoms with E-state index in [1.54, 1.807) is 0 Å². The van der Waals surface area contributed by atoms with Crippen LogP contribution in [0.2, 0.25) is 0 Å². The molecule has 10 aromatic rings. The van der Waals surface area contributed by atoms with Gasteiger partial charge in [-0.05, 0) is 82.2 Å². The Hall–Kier alpha value is -7.56. The van der Waals surface area contributed by atoms with Crippen molar-refractivity contribution < 1.29 is 8.83 Å². The standard InChI is InChI=1S/C52H32N2O2/c1-5-17-33(18-6-1)53(34-19-7-2-8-20-34)43-31-29-39-37-25-13-16-28-42(37)50-47-45(39)51(43)55-49-41-27-15-14-26-38(41)40-30-32-44(52(56-50)46(40)48(47)49)54(35-21-9-3-10-22-35)36-23-11-4-12-24-36/h1-32H. The maximum absolute atomic E-state index is 7.52. The molecule has 4 heteroatoms. The molecule has 0 saturated heterocycles. The minimum absolute atomic E-state index is 0.813. The fraction of sp³-hybridized carbons (Fsp3) is 0. The van der Waals surface area contributed by atoms with Gasteiger partial charge in [-0.25, -0.2) is 0 Å². The lowest BCUT2D eigenvalue weighted by Crippen LogP contribution is -2.11. The van der Waals surface area contributed by atoms with Gasteiger partial charge in [-0.1, -0.05) is 133 Å². The van der Waals surface area contributed by atoms with Gasteiger partial charge in [0.15, 0.2) is 11.2 Å². The third-order valence-electron chi connectivity index (χ3n) is 11.3. The zero-order chi connectivity index (χ0) is 36.7. The Morgan fingerprint density at radius 2 is 0.554 bits per heavy atom. The van der Waals surface area contributed by atoms with Crippen LogP contribution in [0.5, 0.6) is 0 Å². The van der Waals surface area contributed by atoms with Crippen LogP contribution >= 0.6 is 0 Å². The van der Waals surface area contributed by atoms with Crippen molar-refractivity contribution in [2.75, 3.05) is 9.80 Å². The highest BCUT2D eigenvalue weighted by Gasteiger charge is 2.32. The zero-order valence-electron chi connectivity index (χ0n) is 30.2. The van der Waals surface area contributed by atoms with Gasteiger partial charge in [0, 0.05) is 55.4 Å². The smallest absolute Gasteiger partial charge is 0.160 e. The second-order valence-electron chi connectivity index (χ2n) is 14.4. The van der Waals surface area contributed by atoms with E-state index in [1.807, 2.05) is 0 Å². The van der Waals surface area contributed by atoms with Crippen molar-refractivity contribution in [1.29, 1.82) is 0 Å². The number of rotatable bonds is 6. The summed E-state index contributed by atoms with van der Waals surface area (Å²) in [5.74, 6) is 0. The molecule has 0 saturated carbocycles. The van der Waals surface area contributed by atoms with Crippen molar-refractivity contribution >= 4 is 99.5 Å². The van der Waals surface area contributed by atoms with Gasteiger partial charge in [-0.3, -0.25) is 0 Å². The molecule has 56 heavy (non-hydrogen) atoms. The topological polar surface area (TPSA) is 32.8 Å². The number of fused-ring (bicyclic) bond motifs is 6. The number of benzene rings is 10. The summed E-state index contributed by atoms with van der Waals surface area (Å²) in [6.07, 6.45) is 0. The van der Waals surface area contributed by atoms with Crippen molar-refractivity contribution in [3.8, 4) is 11.1 Å². The van der Waals surface area contributed by atoms with Gasteiger partial charge < -0.3 is 18.6 Å². The molecule has 2 heterocycles. The molecule has 0 aliphatic carbocycles. The Labute approximate surface area is 322 Å². The van der Waals surface area contributed by atoms with E-state index in [9.17, 15) is 0 Å². The van der Waals surface area contributed by atoms with E-state index in [1.165, 1.54) is 0 Å². The number of nitrogens with zero attached hydrogens (tertiary/aromatic N) is 2. The van der Waals surface area contributed by atoms with Crippen LogP contribution < -0.4 is 9.80 Å². The maximum atomic E-state index is 7.52. The SMILES string of the molecule is c1ccc(N(c2ccccc2)c2ccc3c4ccccc4c4oc5c(N(c6ccccc6)c6ccccc6)ccc6c7ccccc7c7oc2c3c4-c7c56)cc1. The molecule has 0 fully saturated rings. The maximum Gasteiger partial charge on any atom is 0.160 e. The second-order valence-corrected chi connectivity index (χ2v) is 14.4. The predicted octanol–water partition coefficient (Wildman–Crippen LogP) is 15.3. The van der Waals surface area contributed by atoms with Crippen molar-refractivity contribution in [2.45, 2.75) is 0 Å². The Morgan fingerprint density at radius 1 is 0.250 bits per heavy atom. The molecule has 10 aromatic carbocycles. The molecule has 0 spiro atoms. The molecule has 0 unspecified atom stereocenters. The molecule has 4 nitrogen and oxygen atoms in total. The molecule has 0 radical (unpaired) electrons. The summed E-state index contributed by atoms with van der Waals surface area (Å²) >= 11 is 0. The Balaban J connectivity index is 1.30. The summed E-state index contributed by atoms with van der Waals surface area (Å²) in [6.45, 7) is 0. The molecule has 2 aliphatic heterocycles. The van der Waals surface area contributed by atoms with E-state index in [-0.39, 0.29) is 0 Å². The number of anilines is 6. The molecule has 0 atom stereocenters. The van der Waals surface area contributed by atoms with Gasteiger partial charge >= 0.3 is 0 Å². The first-order valence-corrected chi connectivity index (χ1v) is 19.0. The quantitative estimate of drug-likeness (QED) is 0.127. The third-order valence-corrected chi connectivity index (χ3v) is 11.3. The number of hydrogen-bond acceptors (Lipinski definition) is 4. The molecular formula is C52H32N2O2. The van der Waals surface area contributed by atoms with Crippen molar-refractivity contribution in [1.82, 2.24) is 0 Å². The molecule has 0 bridgehead atoms. The van der Waals surface area contributed by atoms with Crippen molar-refractivity contribution in [3.05, 3.63) is 194 Å². The molecule has 0 aromatic heterocycles. The molecule has 262 valence electrons. The second kappa shape index (κ2) is 12.0. The average molecular weight is 717 g/mol. The third kappa shape index (κ3) is 4.35. The fourth-order valence-electron chi connectivity index (χ4n) is 9.03. The van der Waals surface area contributed by atoms with E-state index in [0.29, 0.717) is 0 Å². The summed E-state index contributed by atoms with van der Waals surface area (Å²) < 4.78 is 15.0. The largest absolute Gasteiger partial charge is 0.453 e. The Bertz CT molecular complexity index is 3050. The van der Waals surface area contributed by atoms with Gasteiger partial charge in [0.25, 0.3) is 0 Å². The number of hydrogen-bond donors (Lipinski definition) is 0. The average Bonchev–Trinajstić information content (AvgIpc) is 3.27. The predicted molar refractivity (Wildman–Crippen MR) is 233 cm³/mol. The van der Waals surface area contributed by atoms with E-state index in [2.05, 4.69) is 204 Å². The van der Waals surface area contributed by atoms with E-state index < -0.39 is 0 Å². The molecular weight excluding hydrogens is 685 g/mol. The summed E-state index contributed by atoms with van der Waals surface area (Å²) in [5.41, 5.74) is 11.6. The van der Waals surface area contributed by atoms with Gasteiger partial charge in [-0.2, -0.15) is 0 Å². The first-order chi connectivity index (χ1) is 27.8. The Morgan fingerprint density at radius 3 is 0.893 bits per heavy atom. The van der Waals surface area contributed by atoms with Gasteiger partial charge in [0.2, 0.25) is 0 Å². The van der Waals surface area contributed by atoms with Gasteiger partial charge in [-0.15, -0.1) is 0 Å². The van der Waals surface area contributed by atoms with Crippen LogP contribution in [0.15, 0.2) is 203 Å². The molecule has 0 amide bonds. The molecule has 2 aliphatic rings. The molecule has 0 N–H and O–H groups in total.